The lowest BCUT2D eigenvalue weighted by Crippen LogP contribution is -2.24. The van der Waals surface area contributed by atoms with Crippen molar-refractivity contribution in [3.63, 3.8) is 0 Å². The van der Waals surface area contributed by atoms with E-state index in [-0.39, 0.29) is 24.4 Å². The van der Waals surface area contributed by atoms with E-state index in [0.29, 0.717) is 11.5 Å². The number of carbonyl (C=O) groups is 2. The Kier molecular flexibility index (Phi) is 11.3. The molecule has 1 N–H and O–H groups in total. The Bertz CT molecular complexity index is 904. The molecule has 2 rings (SSSR count). The summed E-state index contributed by atoms with van der Waals surface area (Å²) in [4.78, 5) is 24.0. The van der Waals surface area contributed by atoms with E-state index in [2.05, 4.69) is 10.1 Å². The number of rotatable bonds is 8. The number of nitrogens with one attached hydrogen (secondary N) is 1. The Morgan fingerprint density at radius 3 is 2.06 bits per heavy atom. The van der Waals surface area contributed by atoms with Crippen molar-refractivity contribution in [2.45, 2.75) is 33.7 Å². The van der Waals surface area contributed by atoms with Gasteiger partial charge in [0.1, 0.15) is 23.1 Å². The first kappa shape index (κ1) is 25.6. The molecule has 7 heteroatoms. The highest BCUT2D eigenvalue weighted by atomic mass is 19.1. The molecule has 2 aromatic carbocycles. The topological polar surface area (TPSA) is 64.6 Å². The molecular weight excluding hydrogens is 404 g/mol. The molecule has 0 saturated heterocycles. The molecule has 0 spiro atoms. The second-order valence-electron chi connectivity index (χ2n) is 6.06. The van der Waals surface area contributed by atoms with Crippen molar-refractivity contribution >= 4 is 11.9 Å². The van der Waals surface area contributed by atoms with E-state index in [4.69, 9.17) is 4.74 Å². The first-order valence-corrected chi connectivity index (χ1v) is 9.78. The van der Waals surface area contributed by atoms with Gasteiger partial charge >= 0.3 is 5.97 Å². The zero-order chi connectivity index (χ0) is 23.2. The summed E-state index contributed by atoms with van der Waals surface area (Å²) < 4.78 is 36.2. The minimum absolute atomic E-state index is 0.101. The molecule has 5 nitrogen and oxygen atoms in total. The van der Waals surface area contributed by atoms with Crippen LogP contribution in [0.5, 0.6) is 5.75 Å². The molecule has 0 aliphatic heterocycles. The third kappa shape index (κ3) is 9.71. The second kappa shape index (κ2) is 13.7. The maximum atomic E-state index is 13.0. The predicted octanol–water partition coefficient (Wildman–Crippen LogP) is 5.08. The highest BCUT2D eigenvalue weighted by Crippen LogP contribution is 2.16. The van der Waals surface area contributed by atoms with Gasteiger partial charge < -0.3 is 14.8 Å². The predicted molar refractivity (Wildman–Crippen MR) is 115 cm³/mol. The zero-order valence-corrected chi connectivity index (χ0v) is 18.1. The summed E-state index contributed by atoms with van der Waals surface area (Å²) in [5.74, 6) is -0.934. The minimum Gasteiger partial charge on any atom is -0.469 e. The van der Waals surface area contributed by atoms with Gasteiger partial charge in [-0.05, 0) is 55.0 Å². The number of esters is 1. The molecule has 0 aliphatic rings. The second-order valence-corrected chi connectivity index (χ2v) is 6.06. The third-order valence-corrected chi connectivity index (χ3v) is 3.80. The molecule has 0 saturated carbocycles. The van der Waals surface area contributed by atoms with Crippen molar-refractivity contribution in [2.24, 2.45) is 0 Å². The zero-order valence-electron chi connectivity index (χ0n) is 18.1. The summed E-state index contributed by atoms with van der Waals surface area (Å²) in [6.45, 7) is 5.81. The molecule has 0 bridgehead atoms. The van der Waals surface area contributed by atoms with Crippen LogP contribution in [0.25, 0.3) is 0 Å². The van der Waals surface area contributed by atoms with Gasteiger partial charge in [0, 0.05) is 12.1 Å². The summed E-state index contributed by atoms with van der Waals surface area (Å²) in [7, 11) is 1.25. The van der Waals surface area contributed by atoms with Crippen LogP contribution >= 0.6 is 0 Å². The van der Waals surface area contributed by atoms with Crippen LogP contribution in [0.2, 0.25) is 0 Å². The van der Waals surface area contributed by atoms with Crippen molar-refractivity contribution in [3.05, 3.63) is 89.2 Å². The van der Waals surface area contributed by atoms with Gasteiger partial charge in [-0.3, -0.25) is 9.59 Å². The Labute approximate surface area is 181 Å². The Balaban J connectivity index is 0.00000233. The number of hydrogen-bond acceptors (Lipinski definition) is 4. The van der Waals surface area contributed by atoms with Gasteiger partial charge in [0.2, 0.25) is 0 Å². The van der Waals surface area contributed by atoms with Crippen molar-refractivity contribution in [1.29, 1.82) is 0 Å². The van der Waals surface area contributed by atoms with Gasteiger partial charge in [0.15, 0.2) is 0 Å². The van der Waals surface area contributed by atoms with E-state index < -0.39 is 17.7 Å². The first-order chi connectivity index (χ1) is 14.9. The number of ether oxygens (including phenoxy) is 2. The van der Waals surface area contributed by atoms with E-state index >= 15 is 0 Å². The van der Waals surface area contributed by atoms with Gasteiger partial charge in [-0.25, -0.2) is 8.78 Å². The molecule has 0 aliphatic carbocycles. The lowest BCUT2D eigenvalue weighted by atomic mass is 10.1. The number of hydrogen-bond donors (Lipinski definition) is 1. The maximum Gasteiger partial charge on any atom is 0.309 e. The normalized spacial score (nSPS) is 11.2. The molecule has 0 fully saturated rings. The Morgan fingerprint density at radius 1 is 0.968 bits per heavy atom. The largest absolute Gasteiger partial charge is 0.469 e. The van der Waals surface area contributed by atoms with E-state index in [0.717, 1.165) is 5.56 Å². The van der Waals surface area contributed by atoms with Crippen LogP contribution in [0.1, 0.15) is 32.8 Å². The quantitative estimate of drug-likeness (QED) is 0.274. The lowest BCUT2D eigenvalue weighted by molar-refractivity contribution is -0.139. The standard InChI is InChI=1S/C22H21F2NO4.C2H6/c1-15(29-20-10-8-19(24)9-11-20)13-17(5-12-21(26)28-2)22(27)25-14-16-3-6-18(23)7-4-16;1-2/h3-11,13H,12,14H2,1-2H3,(H,25,27);1-2H3/b15-13+,17-5+;. The highest BCUT2D eigenvalue weighted by molar-refractivity contribution is 5.96. The van der Waals surface area contributed by atoms with Gasteiger partial charge in [-0.15, -0.1) is 0 Å². The van der Waals surface area contributed by atoms with E-state index in [1.807, 2.05) is 13.8 Å². The Morgan fingerprint density at radius 2 is 1.52 bits per heavy atom. The van der Waals surface area contributed by atoms with E-state index in [9.17, 15) is 18.4 Å². The van der Waals surface area contributed by atoms with Crippen LogP contribution in [-0.2, 0) is 20.9 Å². The summed E-state index contributed by atoms with van der Waals surface area (Å²) in [6, 6.07) is 11.2. The highest BCUT2D eigenvalue weighted by Gasteiger charge is 2.10. The first-order valence-electron chi connectivity index (χ1n) is 9.78. The molecule has 0 atom stereocenters. The molecule has 0 heterocycles. The maximum absolute atomic E-state index is 13.0. The monoisotopic (exact) mass is 431 g/mol. The van der Waals surface area contributed by atoms with Crippen LogP contribution in [0, 0.1) is 11.6 Å². The van der Waals surface area contributed by atoms with Gasteiger partial charge in [-0.2, -0.15) is 0 Å². The molecule has 0 aromatic heterocycles. The number of halogens is 2. The smallest absolute Gasteiger partial charge is 0.309 e. The number of methoxy groups -OCH3 is 1. The van der Waals surface area contributed by atoms with Gasteiger partial charge in [0.25, 0.3) is 5.91 Å². The van der Waals surface area contributed by atoms with Gasteiger partial charge in [-0.1, -0.05) is 32.1 Å². The molecule has 0 radical (unpaired) electrons. The molecule has 2 aromatic rings. The van der Waals surface area contributed by atoms with Gasteiger partial charge in [0.05, 0.1) is 13.5 Å². The van der Waals surface area contributed by atoms with Crippen molar-refractivity contribution in [2.75, 3.05) is 7.11 Å². The number of carbonyl (C=O) groups excluding carboxylic acids is 2. The molecule has 0 unspecified atom stereocenters. The van der Waals surface area contributed by atoms with Crippen LogP contribution < -0.4 is 10.1 Å². The Hall–Kier alpha value is -3.48. The summed E-state index contributed by atoms with van der Waals surface area (Å²) in [5.41, 5.74) is 0.910. The fourth-order valence-electron chi connectivity index (χ4n) is 2.32. The van der Waals surface area contributed by atoms with Crippen LogP contribution in [0.4, 0.5) is 8.78 Å². The summed E-state index contributed by atoms with van der Waals surface area (Å²) in [6.07, 6.45) is 2.78. The van der Waals surface area contributed by atoms with Crippen LogP contribution in [0.3, 0.4) is 0 Å². The molecular formula is C24H27F2NO4. The molecule has 166 valence electrons. The van der Waals surface area contributed by atoms with E-state index in [1.165, 1.54) is 55.7 Å². The molecule has 1 amide bonds. The summed E-state index contributed by atoms with van der Waals surface area (Å²) in [5, 5.41) is 2.71. The number of benzene rings is 2. The summed E-state index contributed by atoms with van der Waals surface area (Å²) >= 11 is 0. The van der Waals surface area contributed by atoms with Crippen molar-refractivity contribution < 1.29 is 27.8 Å². The fraction of sp³-hybridized carbons (Fsp3) is 0.250. The van der Waals surface area contributed by atoms with E-state index in [1.54, 1.807) is 19.1 Å². The minimum atomic E-state index is -0.501. The van der Waals surface area contributed by atoms with Crippen molar-refractivity contribution in [3.8, 4) is 5.75 Å². The lowest BCUT2D eigenvalue weighted by Gasteiger charge is -2.09. The van der Waals surface area contributed by atoms with Crippen LogP contribution in [-0.4, -0.2) is 19.0 Å². The molecule has 31 heavy (non-hydrogen) atoms. The fourth-order valence-corrected chi connectivity index (χ4v) is 2.32. The third-order valence-electron chi connectivity index (χ3n) is 3.80. The van der Waals surface area contributed by atoms with Crippen molar-refractivity contribution in [1.82, 2.24) is 5.32 Å². The number of allylic oxidation sites excluding steroid dienone is 1. The average molecular weight is 431 g/mol. The van der Waals surface area contributed by atoms with Crippen LogP contribution in [0.15, 0.2) is 72.0 Å². The number of amides is 1. The SMILES string of the molecule is CC.COC(=O)C/C=C(\C=C(/C)Oc1ccc(F)cc1)C(=O)NCc1ccc(F)cc1. The average Bonchev–Trinajstić information content (AvgIpc) is 2.78.